The van der Waals surface area contributed by atoms with Crippen molar-refractivity contribution in [3.63, 3.8) is 0 Å². The minimum atomic E-state index is -0.194. The van der Waals surface area contributed by atoms with Crippen LogP contribution < -0.4 is 10.1 Å². The molecule has 3 aromatic rings. The van der Waals surface area contributed by atoms with Crippen molar-refractivity contribution in [3.05, 3.63) is 59.7 Å². The van der Waals surface area contributed by atoms with E-state index in [1.165, 1.54) is 16.9 Å². The molecule has 1 fully saturated rings. The Morgan fingerprint density at radius 2 is 1.83 bits per heavy atom. The van der Waals surface area contributed by atoms with Crippen LogP contribution >= 0.6 is 11.3 Å². The maximum Gasteiger partial charge on any atom is 0.257 e. The molecule has 29 heavy (non-hydrogen) atoms. The molecule has 150 valence electrons. The molecule has 1 saturated heterocycles. The summed E-state index contributed by atoms with van der Waals surface area (Å²) in [7, 11) is 1.63. The first-order chi connectivity index (χ1) is 14.2. The molecule has 1 amide bonds. The number of hydrogen-bond donors (Lipinski definition) is 1. The van der Waals surface area contributed by atoms with Crippen molar-refractivity contribution < 1.29 is 14.3 Å². The lowest BCUT2D eigenvalue weighted by Gasteiger charge is -2.26. The van der Waals surface area contributed by atoms with E-state index in [0.29, 0.717) is 10.7 Å². The molecule has 2 heterocycles. The average molecular weight is 410 g/mol. The third-order valence-corrected chi connectivity index (χ3v) is 5.60. The predicted octanol–water partition coefficient (Wildman–Crippen LogP) is 3.30. The number of carbonyl (C=O) groups is 1. The number of benzene rings is 2. The van der Waals surface area contributed by atoms with Gasteiger partial charge in [0.05, 0.1) is 20.3 Å². The number of methoxy groups -OCH3 is 1. The largest absolute Gasteiger partial charge is 0.497 e. The van der Waals surface area contributed by atoms with E-state index >= 15 is 0 Å². The van der Waals surface area contributed by atoms with Crippen molar-refractivity contribution in [3.8, 4) is 16.3 Å². The summed E-state index contributed by atoms with van der Waals surface area (Å²) in [5.41, 5.74) is 2.70. The highest BCUT2D eigenvalue weighted by molar-refractivity contribution is 7.18. The zero-order valence-corrected chi connectivity index (χ0v) is 16.9. The number of ether oxygens (including phenoxy) is 2. The van der Waals surface area contributed by atoms with Gasteiger partial charge in [0.1, 0.15) is 10.8 Å². The van der Waals surface area contributed by atoms with E-state index < -0.39 is 0 Å². The Bertz CT molecular complexity index is 951. The lowest BCUT2D eigenvalue weighted by molar-refractivity contribution is 0.0342. The summed E-state index contributed by atoms with van der Waals surface area (Å²) < 4.78 is 10.5. The molecule has 1 aliphatic rings. The van der Waals surface area contributed by atoms with Crippen molar-refractivity contribution in [2.45, 2.75) is 6.54 Å². The topological polar surface area (TPSA) is 76.6 Å². The molecular weight excluding hydrogens is 388 g/mol. The minimum Gasteiger partial charge on any atom is -0.497 e. The predicted molar refractivity (Wildman–Crippen MR) is 112 cm³/mol. The number of nitrogens with zero attached hydrogens (tertiary/aromatic N) is 3. The van der Waals surface area contributed by atoms with Gasteiger partial charge in [0.25, 0.3) is 5.91 Å². The van der Waals surface area contributed by atoms with Crippen molar-refractivity contribution in [1.29, 1.82) is 0 Å². The Kier molecular flexibility index (Phi) is 6.14. The van der Waals surface area contributed by atoms with Crippen molar-refractivity contribution in [1.82, 2.24) is 15.1 Å². The highest BCUT2D eigenvalue weighted by atomic mass is 32.1. The Labute approximate surface area is 173 Å². The Morgan fingerprint density at radius 1 is 1.10 bits per heavy atom. The smallest absolute Gasteiger partial charge is 0.257 e. The fraction of sp³-hybridized carbons (Fsp3) is 0.286. The second-order valence-corrected chi connectivity index (χ2v) is 7.66. The van der Waals surface area contributed by atoms with E-state index in [-0.39, 0.29) is 5.91 Å². The normalized spacial score (nSPS) is 14.5. The van der Waals surface area contributed by atoms with Gasteiger partial charge in [0.2, 0.25) is 5.13 Å². The number of rotatable bonds is 6. The molecule has 1 aliphatic heterocycles. The summed E-state index contributed by atoms with van der Waals surface area (Å²) in [6.45, 7) is 4.31. The van der Waals surface area contributed by atoms with Crippen LogP contribution in [-0.2, 0) is 11.3 Å². The summed E-state index contributed by atoms with van der Waals surface area (Å²) >= 11 is 1.34. The van der Waals surface area contributed by atoms with E-state index in [9.17, 15) is 4.79 Å². The monoisotopic (exact) mass is 410 g/mol. The quantitative estimate of drug-likeness (QED) is 0.672. The molecule has 8 heteroatoms. The third kappa shape index (κ3) is 4.97. The van der Waals surface area contributed by atoms with E-state index in [2.05, 4.69) is 20.4 Å². The van der Waals surface area contributed by atoms with E-state index in [1.54, 1.807) is 7.11 Å². The van der Waals surface area contributed by atoms with Gasteiger partial charge in [-0.15, -0.1) is 10.2 Å². The van der Waals surface area contributed by atoms with Gasteiger partial charge in [-0.05, 0) is 42.0 Å². The van der Waals surface area contributed by atoms with Gasteiger partial charge in [0, 0.05) is 30.8 Å². The van der Waals surface area contributed by atoms with Gasteiger partial charge in [-0.25, -0.2) is 0 Å². The number of hydrogen-bond acceptors (Lipinski definition) is 7. The van der Waals surface area contributed by atoms with Gasteiger partial charge in [-0.3, -0.25) is 15.0 Å². The maximum absolute atomic E-state index is 12.5. The number of amides is 1. The zero-order valence-electron chi connectivity index (χ0n) is 16.1. The Balaban J connectivity index is 1.37. The fourth-order valence-corrected chi connectivity index (χ4v) is 3.82. The summed E-state index contributed by atoms with van der Waals surface area (Å²) in [6, 6.07) is 15.2. The Morgan fingerprint density at radius 3 is 2.52 bits per heavy atom. The second kappa shape index (κ2) is 9.13. The minimum absolute atomic E-state index is 0.194. The molecule has 0 aliphatic carbocycles. The molecular formula is C21H22N4O3S. The highest BCUT2D eigenvalue weighted by Crippen LogP contribution is 2.28. The number of aromatic nitrogens is 2. The first-order valence-corrected chi connectivity index (χ1v) is 10.2. The molecule has 0 atom stereocenters. The van der Waals surface area contributed by atoms with Gasteiger partial charge in [-0.1, -0.05) is 23.5 Å². The zero-order chi connectivity index (χ0) is 20.1. The Hall–Kier alpha value is -2.81. The van der Waals surface area contributed by atoms with Crippen LogP contribution in [0.5, 0.6) is 5.75 Å². The van der Waals surface area contributed by atoms with Crippen LogP contribution in [0.2, 0.25) is 0 Å². The molecule has 1 N–H and O–H groups in total. The molecule has 1 aromatic heterocycles. The van der Waals surface area contributed by atoms with Gasteiger partial charge < -0.3 is 9.47 Å². The first-order valence-electron chi connectivity index (χ1n) is 9.39. The molecule has 0 spiro atoms. The maximum atomic E-state index is 12.5. The van der Waals surface area contributed by atoms with Crippen LogP contribution in [0, 0.1) is 0 Å². The summed E-state index contributed by atoms with van der Waals surface area (Å²) in [5.74, 6) is 0.587. The summed E-state index contributed by atoms with van der Waals surface area (Å²) in [5, 5.41) is 12.3. The number of morpholine rings is 1. The van der Waals surface area contributed by atoms with Gasteiger partial charge in [-0.2, -0.15) is 0 Å². The van der Waals surface area contributed by atoms with E-state index in [0.717, 1.165) is 49.2 Å². The SMILES string of the molecule is COc1ccc(-c2nnc(NC(=O)c3ccc(CN4CCOCC4)cc3)s2)cc1. The van der Waals surface area contributed by atoms with Crippen LogP contribution in [0.15, 0.2) is 48.5 Å². The fourth-order valence-electron chi connectivity index (χ4n) is 3.07. The lowest BCUT2D eigenvalue weighted by Crippen LogP contribution is -2.35. The molecule has 2 aromatic carbocycles. The number of anilines is 1. The van der Waals surface area contributed by atoms with E-state index in [4.69, 9.17) is 9.47 Å². The molecule has 7 nitrogen and oxygen atoms in total. The van der Waals surface area contributed by atoms with Crippen molar-refractivity contribution >= 4 is 22.4 Å². The van der Waals surface area contributed by atoms with Gasteiger partial charge >= 0.3 is 0 Å². The number of carbonyl (C=O) groups excluding carboxylic acids is 1. The molecule has 4 rings (SSSR count). The van der Waals surface area contributed by atoms with Crippen LogP contribution in [0.4, 0.5) is 5.13 Å². The third-order valence-electron chi connectivity index (χ3n) is 4.71. The van der Waals surface area contributed by atoms with Crippen LogP contribution in [-0.4, -0.2) is 54.4 Å². The van der Waals surface area contributed by atoms with Crippen LogP contribution in [0.1, 0.15) is 15.9 Å². The molecule has 0 radical (unpaired) electrons. The lowest BCUT2D eigenvalue weighted by atomic mass is 10.1. The standard InChI is InChI=1S/C21H22N4O3S/c1-27-18-8-6-17(7-9-18)20-23-24-21(29-20)22-19(26)16-4-2-15(3-5-16)14-25-10-12-28-13-11-25/h2-9H,10-14H2,1H3,(H,22,24,26). The summed E-state index contributed by atoms with van der Waals surface area (Å²) in [6.07, 6.45) is 0. The highest BCUT2D eigenvalue weighted by Gasteiger charge is 2.13. The van der Waals surface area contributed by atoms with Crippen LogP contribution in [0.3, 0.4) is 0 Å². The first kappa shape index (κ1) is 19.5. The van der Waals surface area contributed by atoms with E-state index in [1.807, 2.05) is 48.5 Å². The summed E-state index contributed by atoms with van der Waals surface area (Å²) in [4.78, 5) is 14.9. The second-order valence-electron chi connectivity index (χ2n) is 6.68. The molecule has 0 saturated carbocycles. The van der Waals surface area contributed by atoms with Crippen LogP contribution in [0.25, 0.3) is 10.6 Å². The van der Waals surface area contributed by atoms with Crippen molar-refractivity contribution in [2.24, 2.45) is 0 Å². The molecule has 0 unspecified atom stereocenters. The molecule has 0 bridgehead atoms. The van der Waals surface area contributed by atoms with Gasteiger partial charge in [0.15, 0.2) is 0 Å². The number of nitrogens with one attached hydrogen (secondary N) is 1. The average Bonchev–Trinajstić information content (AvgIpc) is 3.23. The van der Waals surface area contributed by atoms with Crippen molar-refractivity contribution in [2.75, 3.05) is 38.7 Å².